The average Bonchev–Trinajstić information content (AvgIpc) is 2.74. The highest BCUT2D eigenvalue weighted by Gasteiger charge is 2.05. The first-order chi connectivity index (χ1) is 13.6. The maximum atomic E-state index is 5.82. The Morgan fingerprint density at radius 3 is 1.57 bits per heavy atom. The van der Waals surface area contributed by atoms with Crippen molar-refractivity contribution in [1.29, 1.82) is 0 Å². The molecule has 7 nitrogen and oxygen atoms in total. The Balaban J connectivity index is 1.78. The van der Waals surface area contributed by atoms with E-state index in [2.05, 4.69) is 15.3 Å². The van der Waals surface area contributed by atoms with Gasteiger partial charge < -0.3 is 21.1 Å². The summed E-state index contributed by atoms with van der Waals surface area (Å²) in [6.45, 7) is 0. The van der Waals surface area contributed by atoms with Crippen molar-refractivity contribution >= 4 is 11.7 Å². The van der Waals surface area contributed by atoms with Crippen LogP contribution in [0.25, 0.3) is 22.4 Å². The fraction of sp³-hybridized carbons (Fsp3) is 0.0952. The summed E-state index contributed by atoms with van der Waals surface area (Å²) in [6.07, 6.45) is 1.84. The Morgan fingerprint density at radius 2 is 1.14 bits per heavy atom. The summed E-state index contributed by atoms with van der Waals surface area (Å²) in [5.74, 6) is 0.666. The smallest absolute Gasteiger partial charge is 0.170 e. The van der Waals surface area contributed by atoms with E-state index in [9.17, 15) is 0 Å². The molecule has 0 radical (unpaired) electrons. The lowest BCUT2D eigenvalue weighted by Crippen LogP contribution is -2.13. The number of hydrogen-bond acceptors (Lipinski definition) is 5. The van der Waals surface area contributed by atoms with Gasteiger partial charge in [0, 0.05) is 28.5 Å². The highest BCUT2D eigenvalue weighted by Crippen LogP contribution is 2.23. The fourth-order valence-electron chi connectivity index (χ4n) is 2.68. The van der Waals surface area contributed by atoms with E-state index in [0.717, 1.165) is 33.5 Å². The minimum absolute atomic E-state index is 0.331. The van der Waals surface area contributed by atoms with Gasteiger partial charge in [-0.15, -0.1) is 0 Å². The van der Waals surface area contributed by atoms with Gasteiger partial charge in [-0.25, -0.2) is 0 Å². The third-order valence-electron chi connectivity index (χ3n) is 4.13. The maximum Gasteiger partial charge on any atom is 0.170 e. The van der Waals surface area contributed by atoms with Crippen LogP contribution in [-0.4, -0.2) is 30.9 Å². The van der Waals surface area contributed by atoms with Gasteiger partial charge in [-0.05, 0) is 11.6 Å². The third kappa shape index (κ3) is 4.27. The molecule has 0 saturated carbocycles. The summed E-state index contributed by atoms with van der Waals surface area (Å²) >= 11 is 0. The van der Waals surface area contributed by atoms with Crippen LogP contribution in [0.1, 0.15) is 11.1 Å². The molecule has 28 heavy (non-hydrogen) atoms. The molecule has 0 spiro atoms. The van der Waals surface area contributed by atoms with Crippen molar-refractivity contribution in [3.05, 3.63) is 78.0 Å². The van der Waals surface area contributed by atoms with Crippen molar-refractivity contribution in [1.82, 2.24) is 4.98 Å². The van der Waals surface area contributed by atoms with E-state index < -0.39 is 0 Å². The molecule has 3 rings (SSSR count). The van der Waals surface area contributed by atoms with Gasteiger partial charge in [0.05, 0.1) is 5.69 Å². The second kappa shape index (κ2) is 8.68. The van der Waals surface area contributed by atoms with Gasteiger partial charge in [-0.2, -0.15) is 0 Å². The standard InChI is InChI=1S/C21H21N5O2/c1-27-25-20(22)16-7-3-14(4-8-16)18-11-12-19(24-13-18)15-5-9-17(10-6-15)21(23)26-28-2/h3-13H,1-2H3,(H2,22,25)(H2,23,26). The third-order valence-corrected chi connectivity index (χ3v) is 4.13. The zero-order valence-corrected chi connectivity index (χ0v) is 15.7. The van der Waals surface area contributed by atoms with Crippen molar-refractivity contribution in [2.24, 2.45) is 21.8 Å². The van der Waals surface area contributed by atoms with E-state index in [-0.39, 0.29) is 0 Å². The number of rotatable bonds is 6. The van der Waals surface area contributed by atoms with Crippen molar-refractivity contribution in [3.63, 3.8) is 0 Å². The van der Waals surface area contributed by atoms with Crippen molar-refractivity contribution in [2.75, 3.05) is 14.2 Å². The fourth-order valence-corrected chi connectivity index (χ4v) is 2.68. The summed E-state index contributed by atoms with van der Waals surface area (Å²) < 4.78 is 0. The molecule has 0 fully saturated rings. The molecular formula is C21H21N5O2. The highest BCUT2D eigenvalue weighted by molar-refractivity contribution is 5.98. The van der Waals surface area contributed by atoms with Gasteiger partial charge in [0.25, 0.3) is 0 Å². The van der Waals surface area contributed by atoms with Crippen molar-refractivity contribution in [3.8, 4) is 22.4 Å². The van der Waals surface area contributed by atoms with E-state index in [4.69, 9.17) is 21.1 Å². The van der Waals surface area contributed by atoms with Gasteiger partial charge in [0.1, 0.15) is 14.2 Å². The second-order valence-corrected chi connectivity index (χ2v) is 5.91. The molecule has 142 valence electrons. The predicted molar refractivity (Wildman–Crippen MR) is 111 cm³/mol. The van der Waals surface area contributed by atoms with Crippen LogP contribution in [0.15, 0.2) is 77.2 Å². The maximum absolute atomic E-state index is 5.82. The van der Waals surface area contributed by atoms with Crippen LogP contribution in [0.4, 0.5) is 0 Å². The van der Waals surface area contributed by atoms with Crippen LogP contribution in [0, 0.1) is 0 Å². The van der Waals surface area contributed by atoms with Crippen LogP contribution in [-0.2, 0) is 9.68 Å². The molecule has 0 bridgehead atoms. The van der Waals surface area contributed by atoms with E-state index in [1.807, 2.05) is 66.9 Å². The minimum atomic E-state index is 0.331. The summed E-state index contributed by atoms with van der Waals surface area (Å²) in [7, 11) is 2.92. The molecule has 0 aliphatic heterocycles. The van der Waals surface area contributed by atoms with Gasteiger partial charge in [0.2, 0.25) is 0 Å². The zero-order chi connectivity index (χ0) is 19.9. The number of nitrogens with two attached hydrogens (primary N) is 2. The first kappa shape index (κ1) is 18.9. The summed E-state index contributed by atoms with van der Waals surface area (Å²) in [6, 6.07) is 19.4. The molecule has 7 heteroatoms. The number of oxime groups is 2. The minimum Gasteiger partial charge on any atom is -0.397 e. The molecule has 0 aliphatic rings. The monoisotopic (exact) mass is 375 g/mol. The molecule has 0 aliphatic carbocycles. The normalized spacial score (nSPS) is 11.9. The van der Waals surface area contributed by atoms with E-state index >= 15 is 0 Å². The lowest BCUT2D eigenvalue weighted by atomic mass is 10.0. The van der Waals surface area contributed by atoms with Crippen molar-refractivity contribution < 1.29 is 9.68 Å². The molecule has 4 N–H and O–H groups in total. The molecule has 3 aromatic rings. The first-order valence-electron chi connectivity index (χ1n) is 8.53. The Labute approximate surface area is 163 Å². The number of aromatic nitrogens is 1. The average molecular weight is 375 g/mol. The molecule has 1 aromatic heterocycles. The highest BCUT2D eigenvalue weighted by atomic mass is 16.6. The zero-order valence-electron chi connectivity index (χ0n) is 15.7. The topological polar surface area (TPSA) is 108 Å². The number of nitrogens with zero attached hydrogens (tertiary/aromatic N) is 3. The van der Waals surface area contributed by atoms with Crippen LogP contribution >= 0.6 is 0 Å². The largest absolute Gasteiger partial charge is 0.397 e. The molecule has 0 atom stereocenters. The summed E-state index contributed by atoms with van der Waals surface area (Å²) in [4.78, 5) is 14.0. The predicted octanol–water partition coefficient (Wildman–Crippen LogP) is 2.95. The lowest BCUT2D eigenvalue weighted by Gasteiger charge is -2.06. The lowest BCUT2D eigenvalue weighted by molar-refractivity contribution is 0.213. The van der Waals surface area contributed by atoms with Gasteiger partial charge >= 0.3 is 0 Å². The number of amidine groups is 2. The Bertz CT molecular complexity index is 896. The van der Waals surface area contributed by atoms with Gasteiger partial charge in [0.15, 0.2) is 11.7 Å². The SMILES string of the molecule is CO/N=C(/N)c1ccc(-c2ccc(-c3ccc(/C(N)=N\OC)cc3)nc2)cc1. The number of hydrogen-bond donors (Lipinski definition) is 2. The van der Waals surface area contributed by atoms with Crippen molar-refractivity contribution in [2.45, 2.75) is 0 Å². The first-order valence-corrected chi connectivity index (χ1v) is 8.53. The molecular weight excluding hydrogens is 354 g/mol. The van der Waals surface area contributed by atoms with E-state index in [0.29, 0.717) is 11.7 Å². The summed E-state index contributed by atoms with van der Waals surface area (Å²) in [5.41, 5.74) is 17.1. The number of pyridine rings is 1. The van der Waals surface area contributed by atoms with Crippen LogP contribution in [0.2, 0.25) is 0 Å². The van der Waals surface area contributed by atoms with Gasteiger partial charge in [-0.1, -0.05) is 64.9 Å². The Hall–Kier alpha value is -3.87. The summed E-state index contributed by atoms with van der Waals surface area (Å²) in [5, 5.41) is 7.46. The van der Waals surface area contributed by atoms with Gasteiger partial charge in [-0.3, -0.25) is 4.98 Å². The molecule has 0 saturated heterocycles. The van der Waals surface area contributed by atoms with Crippen LogP contribution in [0.5, 0.6) is 0 Å². The van der Waals surface area contributed by atoms with Crippen LogP contribution in [0.3, 0.4) is 0 Å². The van der Waals surface area contributed by atoms with E-state index in [1.165, 1.54) is 14.2 Å². The second-order valence-electron chi connectivity index (χ2n) is 5.91. The quantitative estimate of drug-likeness (QED) is 0.391. The molecule has 0 amide bonds. The molecule has 0 unspecified atom stereocenters. The molecule has 1 heterocycles. The number of benzene rings is 2. The Kier molecular flexibility index (Phi) is 5.86. The van der Waals surface area contributed by atoms with Crippen LogP contribution < -0.4 is 11.5 Å². The Morgan fingerprint density at radius 1 is 0.679 bits per heavy atom. The van der Waals surface area contributed by atoms with E-state index in [1.54, 1.807) is 0 Å². The molecule has 2 aromatic carbocycles.